The van der Waals surface area contributed by atoms with Crippen LogP contribution in [0.3, 0.4) is 0 Å². The molecule has 0 N–H and O–H groups in total. The number of thiocarbonyl (C=S) groups is 1. The summed E-state index contributed by atoms with van der Waals surface area (Å²) in [5.41, 5.74) is 0.677. The number of nitrogens with zero attached hydrogens (tertiary/aromatic N) is 2. The molecule has 0 bridgehead atoms. The van der Waals surface area contributed by atoms with Gasteiger partial charge in [0.1, 0.15) is 4.99 Å². The maximum Gasteiger partial charge on any atom is 0.369 e. The summed E-state index contributed by atoms with van der Waals surface area (Å²) < 4.78 is 4.65. The zero-order chi connectivity index (χ0) is 17.6. The van der Waals surface area contributed by atoms with Crippen molar-refractivity contribution in [2.45, 2.75) is 44.4 Å². The lowest BCUT2D eigenvalue weighted by atomic mass is 9.69. The molecule has 0 amide bonds. The second-order valence-electron chi connectivity index (χ2n) is 5.93. The number of hydrogen-bond donors (Lipinski definition) is 0. The molecular formula is C17H22N2O4S. The molecule has 0 atom stereocenters. The van der Waals surface area contributed by atoms with Crippen LogP contribution in [0.1, 0.15) is 44.6 Å². The van der Waals surface area contributed by atoms with Gasteiger partial charge in [0.15, 0.2) is 6.61 Å². The van der Waals surface area contributed by atoms with Crippen molar-refractivity contribution in [3.05, 3.63) is 30.1 Å². The van der Waals surface area contributed by atoms with Crippen molar-refractivity contribution in [1.29, 1.82) is 0 Å². The maximum atomic E-state index is 11.8. The number of rotatable bonds is 4. The minimum atomic E-state index is -0.660. The Morgan fingerprint density at radius 3 is 2.62 bits per heavy atom. The Balaban J connectivity index is 2.13. The third-order valence-corrected chi connectivity index (χ3v) is 4.90. The Kier molecular flexibility index (Phi) is 6.25. The molecule has 0 saturated heterocycles. The van der Waals surface area contributed by atoms with Crippen molar-refractivity contribution in [3.8, 4) is 0 Å². The molecule has 2 rings (SSSR count). The average Bonchev–Trinajstić information content (AvgIpc) is 2.60. The van der Waals surface area contributed by atoms with E-state index in [1.54, 1.807) is 13.2 Å². The second-order valence-corrected chi connectivity index (χ2v) is 6.32. The van der Waals surface area contributed by atoms with Gasteiger partial charge in [0.2, 0.25) is 0 Å². The fourth-order valence-corrected chi connectivity index (χ4v) is 3.47. The lowest BCUT2D eigenvalue weighted by molar-refractivity contribution is -0.177. The molecule has 1 aromatic heterocycles. The summed E-state index contributed by atoms with van der Waals surface area (Å²) in [4.78, 5) is 32.5. The summed E-state index contributed by atoms with van der Waals surface area (Å²) >= 11 is 5.66. The van der Waals surface area contributed by atoms with Crippen molar-refractivity contribution in [3.63, 3.8) is 0 Å². The number of carbonyl (C=O) groups excluding carboxylic acids is 2. The number of carbonyl (C=O) groups is 2. The maximum absolute atomic E-state index is 11.8. The summed E-state index contributed by atoms with van der Waals surface area (Å²) in [5.74, 6) is -1.19. The first-order valence-electron chi connectivity index (χ1n) is 7.98. The van der Waals surface area contributed by atoms with Gasteiger partial charge >= 0.3 is 11.9 Å². The fraction of sp³-hybridized carbons (Fsp3) is 0.529. The highest BCUT2D eigenvalue weighted by Gasteiger charge is 2.41. The molecule has 1 aromatic rings. The van der Waals surface area contributed by atoms with Crippen LogP contribution in [0.5, 0.6) is 0 Å². The average molecular weight is 350 g/mol. The third-order valence-electron chi connectivity index (χ3n) is 4.25. The second kappa shape index (κ2) is 8.19. The van der Waals surface area contributed by atoms with Crippen LogP contribution in [0.25, 0.3) is 0 Å². The van der Waals surface area contributed by atoms with E-state index >= 15 is 0 Å². The minimum absolute atomic E-state index is 0.363. The van der Waals surface area contributed by atoms with Crippen LogP contribution in [0, 0.1) is 0 Å². The number of likely N-dealkylation sites (N-methyl/N-ethyl adjacent to an activating group) is 1. The standard InChI is InChI=1S/C17H22N2O4S/c1-13(20)22-12-15(21)23-19(2)16(24)17(8-4-3-5-9-17)14-7-6-10-18-11-14/h6-7,10-11H,3-5,8-9,12H2,1-2H3. The zero-order valence-corrected chi connectivity index (χ0v) is 14.8. The van der Waals surface area contributed by atoms with Gasteiger partial charge in [-0.25, -0.2) is 9.86 Å². The SMILES string of the molecule is CC(=O)OCC(=O)ON(C)C(=S)C1(c2cccnc2)CCCCC1. The number of hydroxylamine groups is 2. The van der Waals surface area contributed by atoms with E-state index in [2.05, 4.69) is 9.72 Å². The Morgan fingerprint density at radius 2 is 2.04 bits per heavy atom. The van der Waals surface area contributed by atoms with Crippen molar-refractivity contribution >= 4 is 29.1 Å². The number of esters is 1. The van der Waals surface area contributed by atoms with Crippen LogP contribution < -0.4 is 0 Å². The molecule has 0 radical (unpaired) electrons. The molecule has 0 unspecified atom stereocenters. The highest BCUT2D eigenvalue weighted by molar-refractivity contribution is 7.80. The first-order chi connectivity index (χ1) is 11.5. The van der Waals surface area contributed by atoms with Gasteiger partial charge in [0, 0.05) is 26.4 Å². The highest BCUT2D eigenvalue weighted by Crippen LogP contribution is 2.41. The van der Waals surface area contributed by atoms with Crippen molar-refractivity contribution in [1.82, 2.24) is 10.0 Å². The lowest BCUT2D eigenvalue weighted by Gasteiger charge is -2.40. The van der Waals surface area contributed by atoms with Crippen LogP contribution in [0.2, 0.25) is 0 Å². The van der Waals surface area contributed by atoms with E-state index in [9.17, 15) is 9.59 Å². The van der Waals surface area contributed by atoms with Crippen LogP contribution in [-0.4, -0.2) is 40.6 Å². The van der Waals surface area contributed by atoms with Crippen LogP contribution in [0.4, 0.5) is 0 Å². The Morgan fingerprint density at radius 1 is 1.33 bits per heavy atom. The molecule has 1 fully saturated rings. The van der Waals surface area contributed by atoms with Gasteiger partial charge in [0.25, 0.3) is 0 Å². The van der Waals surface area contributed by atoms with Crippen LogP contribution in [-0.2, 0) is 24.6 Å². The van der Waals surface area contributed by atoms with E-state index < -0.39 is 18.5 Å². The van der Waals surface area contributed by atoms with E-state index in [0.29, 0.717) is 4.99 Å². The van der Waals surface area contributed by atoms with E-state index in [1.807, 2.05) is 18.3 Å². The Hall–Kier alpha value is -2.02. The normalized spacial score (nSPS) is 16.1. The van der Waals surface area contributed by atoms with Crippen molar-refractivity contribution < 1.29 is 19.2 Å². The smallest absolute Gasteiger partial charge is 0.369 e. The molecule has 24 heavy (non-hydrogen) atoms. The Bertz CT molecular complexity index is 600. The van der Waals surface area contributed by atoms with Crippen molar-refractivity contribution in [2.24, 2.45) is 0 Å². The summed E-state index contributed by atoms with van der Waals surface area (Å²) in [7, 11) is 1.61. The molecule has 0 aromatic carbocycles. The topological polar surface area (TPSA) is 68.7 Å². The number of ether oxygens (including phenoxy) is 1. The van der Waals surface area contributed by atoms with E-state index in [1.165, 1.54) is 18.4 Å². The first-order valence-corrected chi connectivity index (χ1v) is 8.39. The minimum Gasteiger partial charge on any atom is -0.454 e. The number of pyridine rings is 1. The molecule has 1 heterocycles. The predicted molar refractivity (Wildman–Crippen MR) is 92.1 cm³/mol. The molecule has 1 saturated carbocycles. The van der Waals surface area contributed by atoms with E-state index in [4.69, 9.17) is 17.1 Å². The summed E-state index contributed by atoms with van der Waals surface area (Å²) in [6.45, 7) is 0.809. The van der Waals surface area contributed by atoms with Crippen LogP contribution >= 0.6 is 12.2 Å². The molecule has 130 valence electrons. The first kappa shape index (κ1) is 18.3. The van der Waals surface area contributed by atoms with Gasteiger partial charge in [-0.05, 0) is 24.5 Å². The Labute approximate surface area is 147 Å². The van der Waals surface area contributed by atoms with Gasteiger partial charge in [-0.1, -0.05) is 37.5 Å². The van der Waals surface area contributed by atoms with E-state index in [0.717, 1.165) is 31.2 Å². The van der Waals surface area contributed by atoms with Crippen molar-refractivity contribution in [2.75, 3.05) is 13.7 Å². The molecule has 6 nitrogen and oxygen atoms in total. The number of hydrogen-bond acceptors (Lipinski definition) is 6. The molecule has 1 aliphatic carbocycles. The third kappa shape index (κ3) is 4.29. The zero-order valence-electron chi connectivity index (χ0n) is 14.0. The monoisotopic (exact) mass is 350 g/mol. The molecule has 0 aliphatic heterocycles. The quantitative estimate of drug-likeness (QED) is 0.469. The summed E-state index contributed by atoms with van der Waals surface area (Å²) in [5, 5.41) is 1.32. The lowest BCUT2D eigenvalue weighted by Crippen LogP contribution is -2.46. The van der Waals surface area contributed by atoms with Gasteiger partial charge in [-0.3, -0.25) is 9.78 Å². The fourth-order valence-electron chi connectivity index (χ4n) is 3.11. The molecule has 0 spiro atoms. The molecule has 1 aliphatic rings. The number of aromatic nitrogens is 1. The largest absolute Gasteiger partial charge is 0.454 e. The van der Waals surface area contributed by atoms with Gasteiger partial charge in [0.05, 0.1) is 5.41 Å². The van der Waals surface area contributed by atoms with Crippen LogP contribution in [0.15, 0.2) is 24.5 Å². The summed E-state index contributed by atoms with van der Waals surface area (Å²) in [6, 6.07) is 3.90. The molecular weight excluding hydrogens is 328 g/mol. The highest BCUT2D eigenvalue weighted by atomic mass is 32.1. The van der Waals surface area contributed by atoms with Gasteiger partial charge in [-0.15, -0.1) is 0 Å². The molecule has 7 heteroatoms. The van der Waals surface area contributed by atoms with E-state index in [-0.39, 0.29) is 5.41 Å². The van der Waals surface area contributed by atoms with Gasteiger partial charge in [-0.2, -0.15) is 0 Å². The van der Waals surface area contributed by atoms with Gasteiger partial charge < -0.3 is 9.57 Å². The summed E-state index contributed by atoms with van der Waals surface area (Å²) in [6.07, 6.45) is 8.62. The predicted octanol–water partition coefficient (Wildman–Crippen LogP) is 2.56.